The van der Waals surface area contributed by atoms with Crippen LogP contribution in [0.5, 0.6) is 0 Å². The van der Waals surface area contributed by atoms with Crippen molar-refractivity contribution in [3.8, 4) is 11.3 Å². The molecule has 0 atom stereocenters. The summed E-state index contributed by atoms with van der Waals surface area (Å²) in [6.07, 6.45) is -4.89. The maximum absolute atomic E-state index is 12.1. The number of carbonyl (C=O) groups excluding carboxylic acids is 1. The fraction of sp³-hybridized carbons (Fsp3) is 0.0909. The van der Waals surface area contributed by atoms with Crippen molar-refractivity contribution in [2.75, 3.05) is 0 Å². The minimum atomic E-state index is -4.89. The zero-order valence-corrected chi connectivity index (χ0v) is 8.45. The summed E-state index contributed by atoms with van der Waals surface area (Å²) in [5.41, 5.74) is 0.388. The molecule has 0 amide bonds. The van der Waals surface area contributed by atoms with Gasteiger partial charge >= 0.3 is 6.18 Å². The predicted molar refractivity (Wildman–Crippen MR) is 54.4 cm³/mol. The molecule has 1 aromatic carbocycles. The Morgan fingerprint density at radius 3 is 2.41 bits per heavy atom. The highest BCUT2D eigenvalue weighted by molar-refractivity contribution is 5.99. The summed E-state index contributed by atoms with van der Waals surface area (Å²) in [6, 6.07) is 9.71. The van der Waals surface area contributed by atoms with Gasteiger partial charge in [0.25, 0.3) is 5.78 Å². The third kappa shape index (κ3) is 2.35. The standard InChI is InChI=1S/C11H7F3N2O/c12-11(13,14)10(17)9-6-8(15-16-9)7-4-2-1-3-5-7/h1-6H,(H,15,16). The highest BCUT2D eigenvalue weighted by Gasteiger charge is 2.40. The van der Waals surface area contributed by atoms with Crippen LogP contribution in [0.25, 0.3) is 11.3 Å². The van der Waals surface area contributed by atoms with E-state index in [0.29, 0.717) is 11.3 Å². The van der Waals surface area contributed by atoms with Crippen molar-refractivity contribution >= 4 is 5.78 Å². The molecule has 0 radical (unpaired) electrons. The molecule has 0 fully saturated rings. The van der Waals surface area contributed by atoms with Crippen molar-refractivity contribution in [1.29, 1.82) is 0 Å². The summed E-state index contributed by atoms with van der Waals surface area (Å²) in [4.78, 5) is 10.9. The SMILES string of the molecule is O=C(c1cc(-c2ccccc2)n[nH]1)C(F)(F)F. The van der Waals surface area contributed by atoms with Crippen LogP contribution in [0.1, 0.15) is 10.5 Å². The molecule has 2 aromatic rings. The lowest BCUT2D eigenvalue weighted by atomic mass is 10.1. The van der Waals surface area contributed by atoms with Crippen LogP contribution in [0.2, 0.25) is 0 Å². The number of rotatable bonds is 2. The number of H-pyrrole nitrogens is 1. The number of aromatic nitrogens is 2. The second-order valence-corrected chi connectivity index (χ2v) is 3.36. The average Bonchev–Trinajstić information content (AvgIpc) is 2.77. The van der Waals surface area contributed by atoms with Gasteiger partial charge in [0.05, 0.1) is 5.69 Å². The summed E-state index contributed by atoms with van der Waals surface area (Å²) >= 11 is 0. The zero-order valence-electron chi connectivity index (χ0n) is 8.45. The number of alkyl halides is 3. The highest BCUT2D eigenvalue weighted by Crippen LogP contribution is 2.23. The molecule has 0 spiro atoms. The second kappa shape index (κ2) is 4.04. The molecule has 1 N–H and O–H groups in total. The number of halogens is 3. The highest BCUT2D eigenvalue weighted by atomic mass is 19.4. The van der Waals surface area contributed by atoms with Crippen LogP contribution in [0.15, 0.2) is 36.4 Å². The third-order valence-electron chi connectivity index (χ3n) is 2.15. The van der Waals surface area contributed by atoms with Crippen molar-refractivity contribution in [2.45, 2.75) is 6.18 Å². The summed E-state index contributed by atoms with van der Waals surface area (Å²) in [5, 5.41) is 5.77. The summed E-state index contributed by atoms with van der Waals surface area (Å²) in [6.45, 7) is 0. The molecule has 0 bridgehead atoms. The largest absolute Gasteiger partial charge is 0.456 e. The Morgan fingerprint density at radius 1 is 1.18 bits per heavy atom. The van der Waals surface area contributed by atoms with Crippen LogP contribution < -0.4 is 0 Å². The van der Waals surface area contributed by atoms with Gasteiger partial charge in [-0.2, -0.15) is 18.3 Å². The molecule has 0 unspecified atom stereocenters. The Hall–Kier alpha value is -2.11. The molecule has 0 aliphatic heterocycles. The first-order chi connectivity index (χ1) is 7.98. The smallest absolute Gasteiger partial charge is 0.282 e. The van der Waals surface area contributed by atoms with Gasteiger partial charge in [-0.25, -0.2) is 0 Å². The van der Waals surface area contributed by atoms with Gasteiger partial charge in [0.2, 0.25) is 0 Å². The molecule has 0 saturated heterocycles. The topological polar surface area (TPSA) is 45.8 Å². The summed E-state index contributed by atoms with van der Waals surface area (Å²) < 4.78 is 36.4. The number of aromatic amines is 1. The van der Waals surface area contributed by atoms with Gasteiger partial charge in [-0.05, 0) is 6.07 Å². The number of ketones is 1. The Morgan fingerprint density at radius 2 is 1.82 bits per heavy atom. The molecular formula is C11H7F3N2O. The van der Waals surface area contributed by atoms with Crippen LogP contribution in [0.4, 0.5) is 13.2 Å². The number of nitrogens with one attached hydrogen (secondary N) is 1. The number of nitrogens with zero attached hydrogens (tertiary/aromatic N) is 1. The Bertz CT molecular complexity index is 531. The maximum atomic E-state index is 12.1. The fourth-order valence-corrected chi connectivity index (χ4v) is 1.35. The average molecular weight is 240 g/mol. The first-order valence-electron chi connectivity index (χ1n) is 4.71. The molecule has 6 heteroatoms. The maximum Gasteiger partial charge on any atom is 0.456 e. The van der Waals surface area contributed by atoms with Crippen molar-refractivity contribution in [1.82, 2.24) is 10.2 Å². The van der Waals surface area contributed by atoms with E-state index in [9.17, 15) is 18.0 Å². The van der Waals surface area contributed by atoms with E-state index in [1.54, 1.807) is 30.3 Å². The monoisotopic (exact) mass is 240 g/mol. The Kier molecular flexibility index (Phi) is 2.71. The minimum Gasteiger partial charge on any atom is -0.282 e. The summed E-state index contributed by atoms with van der Waals surface area (Å²) in [5.74, 6) is -1.92. The predicted octanol–water partition coefficient (Wildman–Crippen LogP) is 2.82. The lowest BCUT2D eigenvalue weighted by Gasteiger charge is -2.00. The van der Waals surface area contributed by atoms with Crippen LogP contribution in [-0.4, -0.2) is 22.2 Å². The Labute approximate surface area is 94.3 Å². The molecule has 0 aliphatic rings. The number of Topliss-reactive ketones (excluding diaryl/α,β-unsaturated/α-hetero) is 1. The van der Waals surface area contributed by atoms with E-state index in [2.05, 4.69) is 10.2 Å². The van der Waals surface area contributed by atoms with Crippen molar-refractivity contribution in [3.05, 3.63) is 42.1 Å². The molecule has 1 aromatic heterocycles. The number of carbonyl (C=O) groups is 1. The molecule has 0 aliphatic carbocycles. The molecule has 3 nitrogen and oxygen atoms in total. The third-order valence-corrected chi connectivity index (χ3v) is 2.15. The minimum absolute atomic E-state index is 0.304. The van der Waals surface area contributed by atoms with Crippen LogP contribution in [0.3, 0.4) is 0 Å². The van der Waals surface area contributed by atoms with Gasteiger partial charge in [0.1, 0.15) is 5.69 Å². The summed E-state index contributed by atoms with van der Waals surface area (Å²) in [7, 11) is 0. The van der Waals surface area contributed by atoms with Gasteiger partial charge in [0.15, 0.2) is 0 Å². The fourth-order valence-electron chi connectivity index (χ4n) is 1.35. The van der Waals surface area contributed by atoms with Crippen LogP contribution >= 0.6 is 0 Å². The van der Waals surface area contributed by atoms with Gasteiger partial charge in [-0.1, -0.05) is 30.3 Å². The molecule has 0 saturated carbocycles. The van der Waals surface area contributed by atoms with E-state index in [4.69, 9.17) is 0 Å². The van der Waals surface area contributed by atoms with Gasteiger partial charge in [-0.15, -0.1) is 0 Å². The normalized spacial score (nSPS) is 11.5. The van der Waals surface area contributed by atoms with E-state index >= 15 is 0 Å². The quantitative estimate of drug-likeness (QED) is 0.820. The number of benzene rings is 1. The Balaban J connectivity index is 2.32. The number of hydrogen-bond acceptors (Lipinski definition) is 2. The number of hydrogen-bond donors (Lipinski definition) is 1. The second-order valence-electron chi connectivity index (χ2n) is 3.36. The van der Waals surface area contributed by atoms with E-state index in [1.807, 2.05) is 0 Å². The van der Waals surface area contributed by atoms with Crippen molar-refractivity contribution < 1.29 is 18.0 Å². The lowest BCUT2D eigenvalue weighted by Crippen LogP contribution is -2.22. The molecule has 88 valence electrons. The van der Waals surface area contributed by atoms with Crippen molar-refractivity contribution in [3.63, 3.8) is 0 Å². The molecule has 1 heterocycles. The first-order valence-corrected chi connectivity index (χ1v) is 4.71. The van der Waals surface area contributed by atoms with Crippen molar-refractivity contribution in [2.24, 2.45) is 0 Å². The van der Waals surface area contributed by atoms with Crippen LogP contribution in [-0.2, 0) is 0 Å². The van der Waals surface area contributed by atoms with Crippen LogP contribution in [0, 0.1) is 0 Å². The van der Waals surface area contributed by atoms with Gasteiger partial charge in [0, 0.05) is 5.56 Å². The van der Waals surface area contributed by atoms with E-state index in [0.717, 1.165) is 6.07 Å². The van der Waals surface area contributed by atoms with E-state index < -0.39 is 17.7 Å². The zero-order chi connectivity index (χ0) is 12.5. The molecule has 2 rings (SSSR count). The molecule has 17 heavy (non-hydrogen) atoms. The van der Waals surface area contributed by atoms with E-state index in [-0.39, 0.29) is 0 Å². The van der Waals surface area contributed by atoms with Gasteiger partial charge < -0.3 is 0 Å². The lowest BCUT2D eigenvalue weighted by molar-refractivity contribution is -0.0888. The first kappa shape index (κ1) is 11.4. The van der Waals surface area contributed by atoms with Gasteiger partial charge in [-0.3, -0.25) is 9.89 Å². The molecular weight excluding hydrogens is 233 g/mol. The van der Waals surface area contributed by atoms with E-state index in [1.165, 1.54) is 0 Å².